The summed E-state index contributed by atoms with van der Waals surface area (Å²) in [5.41, 5.74) is 1.32. The number of carbonyl (C=O) groups excluding carboxylic acids is 1. The highest BCUT2D eigenvalue weighted by atomic mass is 16.5. The molecule has 1 aromatic carbocycles. The lowest BCUT2D eigenvalue weighted by Gasteiger charge is -2.36. The van der Waals surface area contributed by atoms with Crippen LogP contribution >= 0.6 is 0 Å². The van der Waals surface area contributed by atoms with Gasteiger partial charge < -0.3 is 14.5 Å². The lowest BCUT2D eigenvalue weighted by molar-refractivity contribution is -0.919. The summed E-state index contributed by atoms with van der Waals surface area (Å²) in [7, 11) is 1.71. The Morgan fingerprint density at radius 3 is 2.79 bits per heavy atom. The van der Waals surface area contributed by atoms with Gasteiger partial charge in [-0.25, -0.2) is 0 Å². The van der Waals surface area contributed by atoms with Crippen molar-refractivity contribution in [1.82, 2.24) is 4.90 Å². The van der Waals surface area contributed by atoms with Crippen molar-refractivity contribution in [2.75, 3.05) is 33.3 Å². The lowest BCUT2D eigenvalue weighted by atomic mass is 9.92. The van der Waals surface area contributed by atoms with E-state index in [-0.39, 0.29) is 5.92 Å². The summed E-state index contributed by atoms with van der Waals surface area (Å²) in [5, 5.41) is 0. The molecule has 4 heteroatoms. The van der Waals surface area contributed by atoms with Gasteiger partial charge in [0, 0.05) is 37.4 Å². The summed E-state index contributed by atoms with van der Waals surface area (Å²) in [5.74, 6) is 2.27. The highest BCUT2D eigenvalue weighted by molar-refractivity contribution is 5.79. The molecule has 0 unspecified atom stereocenters. The molecule has 0 bridgehead atoms. The van der Waals surface area contributed by atoms with E-state index in [1.807, 2.05) is 6.07 Å². The van der Waals surface area contributed by atoms with Gasteiger partial charge in [-0.1, -0.05) is 19.1 Å². The summed E-state index contributed by atoms with van der Waals surface area (Å²) in [6.07, 6.45) is 4.51. The van der Waals surface area contributed by atoms with Crippen molar-refractivity contribution >= 4 is 5.91 Å². The Morgan fingerprint density at radius 1 is 1.29 bits per heavy atom. The number of hydrogen-bond donors (Lipinski definition) is 1. The average molecular weight is 331 g/mol. The van der Waals surface area contributed by atoms with E-state index in [1.54, 1.807) is 12.0 Å². The quantitative estimate of drug-likeness (QED) is 0.912. The van der Waals surface area contributed by atoms with Gasteiger partial charge in [0.25, 0.3) is 0 Å². The molecule has 1 amide bonds. The number of likely N-dealkylation sites (tertiary alicyclic amines) is 2. The van der Waals surface area contributed by atoms with Crippen LogP contribution in [0.3, 0.4) is 0 Å². The summed E-state index contributed by atoms with van der Waals surface area (Å²) in [6.45, 7) is 7.42. The van der Waals surface area contributed by atoms with Crippen LogP contribution < -0.4 is 9.64 Å². The van der Waals surface area contributed by atoms with Gasteiger partial charge in [-0.05, 0) is 30.9 Å². The second kappa shape index (κ2) is 8.02. The maximum Gasteiger partial charge on any atom is 0.226 e. The van der Waals surface area contributed by atoms with E-state index in [9.17, 15) is 4.79 Å². The van der Waals surface area contributed by atoms with Crippen molar-refractivity contribution in [2.45, 2.75) is 39.2 Å². The summed E-state index contributed by atoms with van der Waals surface area (Å²) < 4.78 is 5.31. The predicted octanol–water partition coefficient (Wildman–Crippen LogP) is 1.75. The van der Waals surface area contributed by atoms with Crippen molar-refractivity contribution < 1.29 is 14.4 Å². The summed E-state index contributed by atoms with van der Waals surface area (Å²) in [4.78, 5) is 16.5. The van der Waals surface area contributed by atoms with E-state index in [2.05, 4.69) is 30.0 Å². The van der Waals surface area contributed by atoms with Crippen LogP contribution in [-0.4, -0.2) is 44.1 Å². The van der Waals surface area contributed by atoms with Crippen LogP contribution in [0.2, 0.25) is 0 Å². The molecule has 2 aliphatic heterocycles. The zero-order chi connectivity index (χ0) is 16.9. The molecule has 0 spiro atoms. The second-order valence-corrected chi connectivity index (χ2v) is 7.58. The Balaban J connectivity index is 1.49. The molecule has 132 valence electrons. The molecule has 0 aromatic heterocycles. The number of amides is 1. The first-order valence-corrected chi connectivity index (χ1v) is 9.41. The summed E-state index contributed by atoms with van der Waals surface area (Å²) >= 11 is 0. The molecule has 0 saturated carbocycles. The minimum atomic E-state index is 0.254. The number of nitrogens with one attached hydrogen (secondary N) is 1. The van der Waals surface area contributed by atoms with E-state index in [4.69, 9.17) is 4.74 Å². The Bertz CT molecular complexity index is 552. The second-order valence-electron chi connectivity index (χ2n) is 7.58. The molecule has 2 aliphatic rings. The first-order chi connectivity index (χ1) is 11.7. The van der Waals surface area contributed by atoms with E-state index >= 15 is 0 Å². The van der Waals surface area contributed by atoms with Gasteiger partial charge in [0.15, 0.2) is 0 Å². The van der Waals surface area contributed by atoms with Crippen LogP contribution in [0.1, 0.15) is 38.2 Å². The number of nitrogens with zero attached hydrogens (tertiary/aromatic N) is 1. The molecule has 24 heavy (non-hydrogen) atoms. The maximum atomic E-state index is 12.7. The fourth-order valence-electron chi connectivity index (χ4n) is 4.17. The third-order valence-electron chi connectivity index (χ3n) is 5.60. The van der Waals surface area contributed by atoms with Crippen LogP contribution in [0, 0.1) is 11.8 Å². The monoisotopic (exact) mass is 331 g/mol. The molecule has 2 fully saturated rings. The van der Waals surface area contributed by atoms with Gasteiger partial charge in [-0.2, -0.15) is 0 Å². The van der Waals surface area contributed by atoms with Gasteiger partial charge >= 0.3 is 0 Å². The molecule has 1 N–H and O–H groups in total. The third kappa shape index (κ3) is 4.29. The van der Waals surface area contributed by atoms with Crippen molar-refractivity contribution in [3.8, 4) is 5.75 Å². The van der Waals surface area contributed by atoms with Gasteiger partial charge in [0.05, 0.1) is 20.2 Å². The van der Waals surface area contributed by atoms with Crippen LogP contribution in [0.15, 0.2) is 24.3 Å². The number of benzene rings is 1. The fraction of sp³-hybridized carbons (Fsp3) is 0.650. The van der Waals surface area contributed by atoms with E-state index in [0.717, 1.165) is 51.3 Å². The Hall–Kier alpha value is -1.55. The van der Waals surface area contributed by atoms with Crippen molar-refractivity contribution in [2.24, 2.45) is 11.8 Å². The highest BCUT2D eigenvalue weighted by Crippen LogP contribution is 2.21. The molecule has 2 heterocycles. The molecule has 1 aromatic rings. The van der Waals surface area contributed by atoms with Gasteiger partial charge in [0.1, 0.15) is 12.3 Å². The van der Waals surface area contributed by atoms with Gasteiger partial charge in [0.2, 0.25) is 5.91 Å². The van der Waals surface area contributed by atoms with Gasteiger partial charge in [-0.15, -0.1) is 0 Å². The molecular formula is C20H31N2O2+. The fourth-order valence-corrected chi connectivity index (χ4v) is 4.17. The topological polar surface area (TPSA) is 34.0 Å². The molecule has 2 saturated heterocycles. The van der Waals surface area contributed by atoms with Crippen LogP contribution in [0.25, 0.3) is 0 Å². The minimum absolute atomic E-state index is 0.254. The number of methoxy groups -OCH3 is 1. The van der Waals surface area contributed by atoms with Crippen LogP contribution in [-0.2, 0) is 11.3 Å². The zero-order valence-electron chi connectivity index (χ0n) is 15.1. The third-order valence-corrected chi connectivity index (χ3v) is 5.60. The Labute approximate surface area is 145 Å². The number of piperidine rings is 2. The zero-order valence-corrected chi connectivity index (χ0v) is 15.1. The molecule has 4 nitrogen and oxygen atoms in total. The SMILES string of the molecule is COc1cccc(C[NH+]2CCC(C(=O)N3CCC[C@H](C)C3)CC2)c1. The Morgan fingerprint density at radius 2 is 2.08 bits per heavy atom. The smallest absolute Gasteiger partial charge is 0.226 e. The molecule has 0 radical (unpaired) electrons. The minimum Gasteiger partial charge on any atom is -0.497 e. The van der Waals surface area contributed by atoms with Crippen LogP contribution in [0.5, 0.6) is 5.75 Å². The first kappa shape index (κ1) is 17.3. The van der Waals surface area contributed by atoms with Crippen LogP contribution in [0.4, 0.5) is 0 Å². The van der Waals surface area contributed by atoms with E-state index < -0.39 is 0 Å². The molecule has 1 atom stereocenters. The lowest BCUT2D eigenvalue weighted by Crippen LogP contribution is -3.11. The number of rotatable bonds is 4. The number of hydrogen-bond acceptors (Lipinski definition) is 2. The normalized spacial score (nSPS) is 27.8. The predicted molar refractivity (Wildman–Crippen MR) is 95.1 cm³/mol. The number of quaternary nitrogens is 1. The molecular weight excluding hydrogens is 300 g/mol. The number of ether oxygens (including phenoxy) is 1. The summed E-state index contributed by atoms with van der Waals surface area (Å²) in [6, 6.07) is 8.34. The van der Waals surface area contributed by atoms with E-state index in [0.29, 0.717) is 11.8 Å². The maximum absolute atomic E-state index is 12.7. The first-order valence-electron chi connectivity index (χ1n) is 9.41. The van der Waals surface area contributed by atoms with E-state index in [1.165, 1.54) is 18.4 Å². The Kier molecular flexibility index (Phi) is 5.77. The molecule has 0 aliphatic carbocycles. The standard InChI is InChI=1S/C20H30N2O2/c1-16-5-4-10-22(14-16)20(23)18-8-11-21(12-9-18)15-17-6-3-7-19(13-17)24-2/h3,6-7,13,16,18H,4-5,8-12,14-15H2,1-2H3/p+1/t16-/m0/s1. The largest absolute Gasteiger partial charge is 0.497 e. The van der Waals surface area contributed by atoms with Crippen molar-refractivity contribution in [3.63, 3.8) is 0 Å². The van der Waals surface area contributed by atoms with Crippen molar-refractivity contribution in [1.29, 1.82) is 0 Å². The number of carbonyl (C=O) groups is 1. The average Bonchev–Trinajstić information content (AvgIpc) is 2.62. The highest BCUT2D eigenvalue weighted by Gasteiger charge is 2.32. The van der Waals surface area contributed by atoms with Gasteiger partial charge in [-0.3, -0.25) is 4.79 Å². The van der Waals surface area contributed by atoms with Crippen molar-refractivity contribution in [3.05, 3.63) is 29.8 Å². The molecule has 3 rings (SSSR count).